The number of anilines is 1. The summed E-state index contributed by atoms with van der Waals surface area (Å²) in [5.74, 6) is -3.73. The number of rotatable bonds is 15. The van der Waals surface area contributed by atoms with Gasteiger partial charge < -0.3 is 42.9 Å². The summed E-state index contributed by atoms with van der Waals surface area (Å²) in [7, 11) is 0. The Kier molecular flexibility index (Phi) is 12.6. The SMILES string of the molecule is CC(C)C[C@H](NC(=O)[C@H](Cc1ccc(N)cc1)NC(=O)CNC(=O)CNC(=O)[C@@H](N)Cc1ccc(O)cc1)C(=O)O. The largest absolute Gasteiger partial charge is 0.508 e. The molecule has 2 rings (SSSR count). The fourth-order valence-electron chi connectivity index (χ4n) is 3.83. The first kappa shape index (κ1) is 32.6. The lowest BCUT2D eigenvalue weighted by atomic mass is 10.0. The molecule has 0 fully saturated rings. The van der Waals surface area contributed by atoms with E-state index in [4.69, 9.17) is 11.5 Å². The van der Waals surface area contributed by atoms with E-state index in [1.807, 2.05) is 13.8 Å². The minimum Gasteiger partial charge on any atom is -0.508 e. The molecule has 4 amide bonds. The number of phenolic OH excluding ortho intramolecular Hbond substituents is 1. The van der Waals surface area contributed by atoms with Crippen LogP contribution < -0.4 is 32.7 Å². The summed E-state index contributed by atoms with van der Waals surface area (Å²) in [6.07, 6.45) is 0.437. The number of benzene rings is 2. The number of phenols is 1. The highest BCUT2D eigenvalue weighted by atomic mass is 16.4. The highest BCUT2D eigenvalue weighted by Crippen LogP contribution is 2.11. The second kappa shape index (κ2) is 15.8. The van der Waals surface area contributed by atoms with Gasteiger partial charge in [-0.3, -0.25) is 19.2 Å². The predicted octanol–water partition coefficient (Wildman–Crippen LogP) is -0.580. The molecule has 10 N–H and O–H groups in total. The number of aromatic hydroxyl groups is 1. The van der Waals surface area contributed by atoms with Crippen LogP contribution in [0.1, 0.15) is 31.4 Å². The van der Waals surface area contributed by atoms with Crippen molar-refractivity contribution in [3.63, 3.8) is 0 Å². The molecule has 0 unspecified atom stereocenters. The number of hydrogen-bond acceptors (Lipinski definition) is 8. The standard InChI is InChI=1S/C28H38N6O7/c1-16(2)11-23(28(40)41)34-27(39)22(13-18-3-7-19(29)8-4-18)33-25(37)15-31-24(36)14-32-26(38)21(30)12-17-5-9-20(35)10-6-17/h3-10,16,21-23,35H,11-15,29-30H2,1-2H3,(H,31,36)(H,32,38)(H,33,37)(H,34,39)(H,40,41)/t21-,22-,23-/m0/s1. The van der Waals surface area contributed by atoms with Gasteiger partial charge in [-0.15, -0.1) is 0 Å². The second-order valence-electron chi connectivity index (χ2n) is 10.1. The van der Waals surface area contributed by atoms with E-state index in [2.05, 4.69) is 21.3 Å². The Morgan fingerprint density at radius 3 is 1.90 bits per heavy atom. The van der Waals surface area contributed by atoms with Crippen molar-refractivity contribution in [1.82, 2.24) is 21.3 Å². The van der Waals surface area contributed by atoms with Gasteiger partial charge in [0.25, 0.3) is 0 Å². The van der Waals surface area contributed by atoms with Crippen molar-refractivity contribution in [2.24, 2.45) is 11.7 Å². The smallest absolute Gasteiger partial charge is 0.326 e. The molecule has 0 spiro atoms. The number of carboxylic acid groups (broad SMARTS) is 1. The Morgan fingerprint density at radius 1 is 0.756 bits per heavy atom. The first-order chi connectivity index (χ1) is 19.3. The maximum absolute atomic E-state index is 13.0. The number of nitrogens with one attached hydrogen (secondary N) is 4. The van der Waals surface area contributed by atoms with E-state index >= 15 is 0 Å². The van der Waals surface area contributed by atoms with E-state index in [9.17, 15) is 34.2 Å². The Balaban J connectivity index is 1.91. The lowest BCUT2D eigenvalue weighted by molar-refractivity contribution is -0.142. The Labute approximate surface area is 238 Å². The van der Waals surface area contributed by atoms with Crippen molar-refractivity contribution in [2.45, 2.75) is 51.2 Å². The van der Waals surface area contributed by atoms with E-state index in [0.717, 1.165) is 5.56 Å². The number of hydrogen-bond donors (Lipinski definition) is 8. The Hall–Kier alpha value is -4.65. The van der Waals surface area contributed by atoms with Gasteiger partial charge in [0.15, 0.2) is 0 Å². The van der Waals surface area contributed by atoms with Crippen molar-refractivity contribution < 1.29 is 34.2 Å². The summed E-state index contributed by atoms with van der Waals surface area (Å²) in [5, 5.41) is 28.6. The first-order valence-corrected chi connectivity index (χ1v) is 13.1. The molecule has 3 atom stereocenters. The average Bonchev–Trinajstić information content (AvgIpc) is 2.91. The zero-order chi connectivity index (χ0) is 30.5. The van der Waals surface area contributed by atoms with Gasteiger partial charge >= 0.3 is 5.97 Å². The molecule has 13 nitrogen and oxygen atoms in total. The third-order valence-electron chi connectivity index (χ3n) is 5.99. The van der Waals surface area contributed by atoms with Crippen molar-refractivity contribution in [1.29, 1.82) is 0 Å². The van der Waals surface area contributed by atoms with E-state index < -0.39 is 60.8 Å². The van der Waals surface area contributed by atoms with Gasteiger partial charge in [-0.1, -0.05) is 38.1 Å². The van der Waals surface area contributed by atoms with Crippen molar-refractivity contribution in [2.75, 3.05) is 18.8 Å². The van der Waals surface area contributed by atoms with Crippen LogP contribution in [-0.4, -0.2) is 71.0 Å². The molecule has 0 aliphatic rings. The summed E-state index contributed by atoms with van der Waals surface area (Å²) in [5.41, 5.74) is 13.5. The van der Waals surface area contributed by atoms with Crippen molar-refractivity contribution >= 4 is 35.3 Å². The topological polar surface area (TPSA) is 226 Å². The number of nitrogen functional groups attached to an aromatic ring is 1. The zero-order valence-corrected chi connectivity index (χ0v) is 23.1. The maximum Gasteiger partial charge on any atom is 0.326 e. The molecular formula is C28H38N6O7. The Bertz CT molecular complexity index is 1200. The molecule has 0 aromatic heterocycles. The highest BCUT2D eigenvalue weighted by molar-refractivity contribution is 5.93. The van der Waals surface area contributed by atoms with Crippen molar-refractivity contribution in [3.05, 3.63) is 59.7 Å². The minimum absolute atomic E-state index is 0.000367. The summed E-state index contributed by atoms with van der Waals surface area (Å²) < 4.78 is 0. The summed E-state index contributed by atoms with van der Waals surface area (Å²) in [4.78, 5) is 61.7. The number of carbonyl (C=O) groups excluding carboxylic acids is 4. The van der Waals surface area contributed by atoms with Crippen LogP contribution in [0.2, 0.25) is 0 Å². The molecular weight excluding hydrogens is 532 g/mol. The fourth-order valence-corrected chi connectivity index (χ4v) is 3.83. The molecule has 0 radical (unpaired) electrons. The lowest BCUT2D eigenvalue weighted by Crippen LogP contribution is -2.54. The number of nitrogens with two attached hydrogens (primary N) is 2. The van der Waals surface area contributed by atoms with Gasteiger partial charge in [-0.05, 0) is 54.2 Å². The van der Waals surface area contributed by atoms with E-state index in [1.165, 1.54) is 12.1 Å². The quantitative estimate of drug-likeness (QED) is 0.128. The van der Waals surface area contributed by atoms with Gasteiger partial charge in [0.05, 0.1) is 19.1 Å². The molecule has 2 aromatic rings. The summed E-state index contributed by atoms with van der Waals surface area (Å²) in [6.45, 7) is 2.73. The minimum atomic E-state index is -1.19. The maximum atomic E-state index is 13.0. The number of aliphatic carboxylic acids is 1. The average molecular weight is 571 g/mol. The van der Waals surface area contributed by atoms with Gasteiger partial charge in [0.1, 0.15) is 17.8 Å². The van der Waals surface area contributed by atoms with Gasteiger partial charge in [0, 0.05) is 12.1 Å². The fraction of sp³-hybridized carbons (Fsp3) is 0.393. The molecule has 41 heavy (non-hydrogen) atoms. The number of amides is 4. The van der Waals surface area contributed by atoms with Crippen LogP contribution >= 0.6 is 0 Å². The lowest BCUT2D eigenvalue weighted by Gasteiger charge is -2.22. The van der Waals surface area contributed by atoms with Crippen LogP contribution in [0.25, 0.3) is 0 Å². The molecule has 0 aliphatic heterocycles. The molecule has 0 aliphatic carbocycles. The van der Waals surface area contributed by atoms with Crippen molar-refractivity contribution in [3.8, 4) is 5.75 Å². The van der Waals surface area contributed by atoms with Gasteiger partial charge in [0.2, 0.25) is 23.6 Å². The third kappa shape index (κ3) is 12.0. The van der Waals surface area contributed by atoms with E-state index in [-0.39, 0.29) is 30.9 Å². The van der Waals surface area contributed by atoms with E-state index in [1.54, 1.807) is 36.4 Å². The second-order valence-corrected chi connectivity index (χ2v) is 10.1. The molecule has 2 aromatic carbocycles. The van der Waals surface area contributed by atoms with Crippen LogP contribution in [0.15, 0.2) is 48.5 Å². The Morgan fingerprint density at radius 2 is 1.32 bits per heavy atom. The van der Waals surface area contributed by atoms with Crippen LogP contribution in [-0.2, 0) is 36.8 Å². The van der Waals surface area contributed by atoms with Crippen LogP contribution in [0.4, 0.5) is 5.69 Å². The molecule has 222 valence electrons. The predicted molar refractivity (Wildman–Crippen MR) is 151 cm³/mol. The normalized spacial score (nSPS) is 13.0. The summed E-state index contributed by atoms with van der Waals surface area (Å²) in [6, 6.07) is 9.62. The highest BCUT2D eigenvalue weighted by Gasteiger charge is 2.27. The molecule has 0 heterocycles. The van der Waals surface area contributed by atoms with Gasteiger partial charge in [-0.2, -0.15) is 0 Å². The van der Waals surface area contributed by atoms with Crippen LogP contribution in [0.5, 0.6) is 5.75 Å². The first-order valence-electron chi connectivity index (χ1n) is 13.1. The monoisotopic (exact) mass is 570 g/mol. The van der Waals surface area contributed by atoms with Gasteiger partial charge in [-0.25, -0.2) is 4.79 Å². The van der Waals surface area contributed by atoms with Crippen LogP contribution in [0.3, 0.4) is 0 Å². The zero-order valence-electron chi connectivity index (χ0n) is 23.1. The van der Waals surface area contributed by atoms with Crippen LogP contribution in [0, 0.1) is 5.92 Å². The molecule has 0 saturated carbocycles. The third-order valence-corrected chi connectivity index (χ3v) is 5.99. The number of carbonyl (C=O) groups is 5. The molecule has 0 saturated heterocycles. The molecule has 13 heteroatoms. The summed E-state index contributed by atoms with van der Waals surface area (Å²) >= 11 is 0. The number of carboxylic acids is 1. The molecule has 0 bridgehead atoms. The van der Waals surface area contributed by atoms with E-state index in [0.29, 0.717) is 11.3 Å².